The van der Waals surface area contributed by atoms with E-state index in [0.29, 0.717) is 58.2 Å². The van der Waals surface area contributed by atoms with Gasteiger partial charge in [0.2, 0.25) is 17.6 Å². The van der Waals surface area contributed by atoms with Crippen LogP contribution in [0.3, 0.4) is 0 Å². The number of ketones is 1. The molecular formula is C35H40F2N6O8. The molecule has 0 unspecified atom stereocenters. The Kier molecular flexibility index (Phi) is 12.1. The fourth-order valence-electron chi connectivity index (χ4n) is 6.05. The van der Waals surface area contributed by atoms with Crippen LogP contribution in [0.25, 0.3) is 10.9 Å². The molecule has 272 valence electrons. The van der Waals surface area contributed by atoms with Gasteiger partial charge in [-0.05, 0) is 42.8 Å². The number of morpholine rings is 1. The largest absolute Gasteiger partial charge is 0.493 e. The summed E-state index contributed by atoms with van der Waals surface area (Å²) in [5.41, 5.74) is 1.44. The number of hydrogen-bond donors (Lipinski definition) is 3. The van der Waals surface area contributed by atoms with Crippen LogP contribution in [0.15, 0.2) is 48.7 Å². The maximum atomic E-state index is 14.5. The number of aromatic nitrogens is 1. The molecule has 4 amide bonds. The molecule has 2 aliphatic rings. The van der Waals surface area contributed by atoms with Crippen molar-refractivity contribution in [2.24, 2.45) is 0 Å². The highest BCUT2D eigenvalue weighted by Crippen LogP contribution is 2.33. The Hall–Kier alpha value is -5.22. The van der Waals surface area contributed by atoms with E-state index in [1.807, 2.05) is 0 Å². The third-order valence-electron chi connectivity index (χ3n) is 8.69. The van der Waals surface area contributed by atoms with Gasteiger partial charge in [-0.1, -0.05) is 18.2 Å². The van der Waals surface area contributed by atoms with Gasteiger partial charge in [-0.15, -0.1) is 0 Å². The van der Waals surface area contributed by atoms with Gasteiger partial charge in [-0.2, -0.15) is 0 Å². The smallest absolute Gasteiger partial charge is 0.289 e. The first-order valence-corrected chi connectivity index (χ1v) is 16.5. The quantitative estimate of drug-likeness (QED) is 0.211. The average molecular weight is 711 g/mol. The Morgan fingerprint density at radius 1 is 1.00 bits per heavy atom. The molecule has 1 atom stereocenters. The van der Waals surface area contributed by atoms with Crippen molar-refractivity contribution >= 4 is 46.0 Å². The van der Waals surface area contributed by atoms with Gasteiger partial charge in [0.25, 0.3) is 17.7 Å². The van der Waals surface area contributed by atoms with Crippen molar-refractivity contribution in [3.05, 3.63) is 59.8 Å². The predicted molar refractivity (Wildman–Crippen MR) is 181 cm³/mol. The number of ether oxygens (including phenoxy) is 3. The number of rotatable bonds is 14. The Morgan fingerprint density at radius 3 is 2.51 bits per heavy atom. The van der Waals surface area contributed by atoms with E-state index < -0.39 is 55.0 Å². The number of alkyl halides is 2. The number of hydrogen-bond acceptors (Lipinski definition) is 10. The van der Waals surface area contributed by atoms with Crippen LogP contribution >= 0.6 is 0 Å². The molecule has 2 fully saturated rings. The van der Waals surface area contributed by atoms with Gasteiger partial charge in [0, 0.05) is 44.1 Å². The van der Waals surface area contributed by atoms with Crippen LogP contribution in [0.2, 0.25) is 0 Å². The lowest BCUT2D eigenvalue weighted by atomic mass is 10.1. The van der Waals surface area contributed by atoms with Crippen molar-refractivity contribution in [2.45, 2.75) is 37.8 Å². The van der Waals surface area contributed by atoms with Crippen LogP contribution in [0.4, 0.5) is 14.5 Å². The standard InChI is InChI=1S/C35H40F2N6O8/c1-49-27-9-8-22(17-28(27)50-2)19-39-34(48)32(46)26-18-35(36,37)21-43(26)30(45)20-40-33(47)24-10-11-38-31-23(24)5-3-6-25(31)41-29(44)7-4-12-42-13-15-51-16-14-42/h3,5-6,8-11,17,26H,4,7,12-16,18-21H2,1-2H3,(H,39,48)(H,40,47)(H,41,44)/t26-/m0/s1. The van der Waals surface area contributed by atoms with Gasteiger partial charge in [0.15, 0.2) is 11.5 Å². The first-order chi connectivity index (χ1) is 24.5. The van der Waals surface area contributed by atoms with Crippen LogP contribution in [0.1, 0.15) is 35.2 Å². The molecule has 0 radical (unpaired) electrons. The molecule has 2 saturated heterocycles. The number of amides is 4. The van der Waals surface area contributed by atoms with E-state index in [0.717, 1.165) is 19.6 Å². The average Bonchev–Trinajstić information content (AvgIpc) is 3.47. The third kappa shape index (κ3) is 9.32. The van der Waals surface area contributed by atoms with Crippen LogP contribution < -0.4 is 25.4 Å². The lowest BCUT2D eigenvalue weighted by Crippen LogP contribution is -2.49. The molecule has 2 aliphatic heterocycles. The van der Waals surface area contributed by atoms with Gasteiger partial charge < -0.3 is 35.1 Å². The zero-order chi connectivity index (χ0) is 36.5. The van der Waals surface area contributed by atoms with E-state index in [2.05, 4.69) is 25.8 Å². The summed E-state index contributed by atoms with van der Waals surface area (Å²) in [5, 5.41) is 8.08. The van der Waals surface area contributed by atoms with Crippen molar-refractivity contribution in [1.29, 1.82) is 0 Å². The van der Waals surface area contributed by atoms with Gasteiger partial charge in [-0.3, -0.25) is 33.9 Å². The summed E-state index contributed by atoms with van der Waals surface area (Å²) in [5.74, 6) is -6.80. The molecule has 3 heterocycles. The topological polar surface area (TPSA) is 168 Å². The predicted octanol–water partition coefficient (Wildman–Crippen LogP) is 2.15. The van der Waals surface area contributed by atoms with E-state index >= 15 is 0 Å². The minimum absolute atomic E-state index is 0.113. The summed E-state index contributed by atoms with van der Waals surface area (Å²) >= 11 is 0. The maximum Gasteiger partial charge on any atom is 0.289 e. The number of anilines is 1. The van der Waals surface area contributed by atoms with Crippen LogP contribution in [0, 0.1) is 0 Å². The van der Waals surface area contributed by atoms with Crippen molar-refractivity contribution in [1.82, 2.24) is 25.4 Å². The molecule has 2 aromatic carbocycles. The molecule has 0 saturated carbocycles. The number of para-hydroxylation sites is 1. The number of carbonyl (C=O) groups excluding carboxylic acids is 5. The Bertz CT molecular complexity index is 1780. The molecule has 16 heteroatoms. The van der Waals surface area contributed by atoms with Crippen molar-refractivity contribution in [3.8, 4) is 11.5 Å². The van der Waals surface area contributed by atoms with Crippen molar-refractivity contribution < 1.29 is 47.0 Å². The second-order valence-corrected chi connectivity index (χ2v) is 12.2. The highest BCUT2D eigenvalue weighted by Gasteiger charge is 2.51. The number of nitrogens with one attached hydrogen (secondary N) is 3. The monoisotopic (exact) mass is 710 g/mol. The molecule has 14 nitrogen and oxygen atoms in total. The molecule has 51 heavy (non-hydrogen) atoms. The number of fused-ring (bicyclic) bond motifs is 1. The van der Waals surface area contributed by atoms with E-state index in [4.69, 9.17) is 14.2 Å². The first kappa shape index (κ1) is 37.0. The summed E-state index contributed by atoms with van der Waals surface area (Å²) in [6, 6.07) is 9.46. The summed E-state index contributed by atoms with van der Waals surface area (Å²) in [4.78, 5) is 72.1. The SMILES string of the molecule is COc1ccc(CNC(=O)C(=O)[C@@H]2CC(F)(F)CN2C(=O)CNC(=O)c2ccnc3c(NC(=O)CCCN4CCOCC4)cccc23)cc1OC. The normalized spacial score (nSPS) is 17.1. The number of likely N-dealkylation sites (tertiary alicyclic amines) is 1. The Morgan fingerprint density at radius 2 is 1.76 bits per heavy atom. The number of methoxy groups -OCH3 is 2. The highest BCUT2D eigenvalue weighted by molar-refractivity contribution is 6.38. The van der Waals surface area contributed by atoms with Crippen LogP contribution in [-0.4, -0.2) is 116 Å². The Labute approximate surface area is 292 Å². The van der Waals surface area contributed by atoms with E-state index in [1.54, 1.807) is 36.4 Å². The summed E-state index contributed by atoms with van der Waals surface area (Å²) in [6.07, 6.45) is 1.29. The fraction of sp³-hybridized carbons (Fsp3) is 0.429. The Balaban J connectivity index is 1.18. The molecule has 5 rings (SSSR count). The summed E-state index contributed by atoms with van der Waals surface area (Å²) < 4.78 is 44.8. The van der Waals surface area contributed by atoms with E-state index in [9.17, 15) is 32.8 Å². The second-order valence-electron chi connectivity index (χ2n) is 12.2. The number of halogens is 2. The molecule has 3 N–H and O–H groups in total. The van der Waals surface area contributed by atoms with E-state index in [1.165, 1.54) is 26.5 Å². The summed E-state index contributed by atoms with van der Waals surface area (Å²) in [7, 11) is 2.90. The fourth-order valence-corrected chi connectivity index (χ4v) is 6.05. The minimum Gasteiger partial charge on any atom is -0.493 e. The van der Waals surface area contributed by atoms with Crippen LogP contribution in [0.5, 0.6) is 11.5 Å². The highest BCUT2D eigenvalue weighted by atomic mass is 19.3. The third-order valence-corrected chi connectivity index (χ3v) is 8.69. The molecule has 0 aliphatic carbocycles. The second kappa shape index (κ2) is 16.7. The zero-order valence-corrected chi connectivity index (χ0v) is 28.3. The van der Waals surface area contributed by atoms with Crippen LogP contribution in [-0.2, 0) is 30.5 Å². The van der Waals surface area contributed by atoms with Gasteiger partial charge in [0.1, 0.15) is 6.04 Å². The van der Waals surface area contributed by atoms with Gasteiger partial charge >= 0.3 is 0 Å². The van der Waals surface area contributed by atoms with Gasteiger partial charge in [-0.25, -0.2) is 8.78 Å². The number of nitrogens with zero attached hydrogens (tertiary/aromatic N) is 3. The van der Waals surface area contributed by atoms with Crippen molar-refractivity contribution in [2.75, 3.05) is 65.5 Å². The number of carbonyl (C=O) groups is 5. The molecule has 0 bridgehead atoms. The van der Waals surface area contributed by atoms with Gasteiger partial charge in [0.05, 0.1) is 57.3 Å². The number of pyridine rings is 1. The lowest BCUT2D eigenvalue weighted by molar-refractivity contribution is -0.144. The lowest BCUT2D eigenvalue weighted by Gasteiger charge is -2.26. The number of Topliss-reactive ketones (excluding diaryl/α,β-unsaturated/α-hetero) is 1. The zero-order valence-electron chi connectivity index (χ0n) is 28.3. The molecule has 0 spiro atoms. The molecule has 3 aromatic rings. The minimum atomic E-state index is -3.42. The summed E-state index contributed by atoms with van der Waals surface area (Å²) in [6.45, 7) is 1.86. The van der Waals surface area contributed by atoms with Crippen molar-refractivity contribution in [3.63, 3.8) is 0 Å². The maximum absolute atomic E-state index is 14.5. The molecular weight excluding hydrogens is 670 g/mol. The molecule has 1 aromatic heterocycles. The van der Waals surface area contributed by atoms with E-state index in [-0.39, 0.29) is 24.4 Å². The number of benzene rings is 2. The first-order valence-electron chi connectivity index (χ1n) is 16.5.